The summed E-state index contributed by atoms with van der Waals surface area (Å²) in [5, 5.41) is 23.3. The Kier molecular flexibility index (Phi) is 69.4. The molecule has 0 bridgehead atoms. The van der Waals surface area contributed by atoms with Crippen LogP contribution in [0.25, 0.3) is 0 Å². The third kappa shape index (κ3) is 67.0. The first kappa shape index (κ1) is 79.8. The van der Waals surface area contributed by atoms with Gasteiger partial charge in [0.25, 0.3) is 0 Å². The van der Waals surface area contributed by atoms with Gasteiger partial charge in [-0.1, -0.05) is 345 Å². The molecule has 0 saturated heterocycles. The molecule has 482 valence electrons. The first-order valence-corrected chi connectivity index (χ1v) is 36.9. The Bertz CT molecular complexity index is 1370. The number of ether oxygens (including phenoxy) is 1. The van der Waals surface area contributed by atoms with Gasteiger partial charge in [0.1, 0.15) is 0 Å². The van der Waals surface area contributed by atoms with Crippen molar-refractivity contribution >= 4 is 11.9 Å². The van der Waals surface area contributed by atoms with Crippen molar-refractivity contribution in [3.8, 4) is 0 Å². The fourth-order valence-electron chi connectivity index (χ4n) is 11.4. The van der Waals surface area contributed by atoms with Crippen molar-refractivity contribution in [2.75, 3.05) is 13.2 Å². The van der Waals surface area contributed by atoms with Crippen molar-refractivity contribution in [3.05, 3.63) is 48.6 Å². The Morgan fingerprint density at radius 3 is 0.951 bits per heavy atom. The number of aliphatic hydroxyl groups is 2. The number of rotatable bonds is 69. The normalized spacial score (nSPS) is 12.8. The molecule has 0 aromatic rings. The first-order valence-electron chi connectivity index (χ1n) is 36.9. The number of hydrogen-bond donors (Lipinski definition) is 3. The molecule has 82 heavy (non-hydrogen) atoms. The molecule has 0 fully saturated rings. The lowest BCUT2D eigenvalue weighted by molar-refractivity contribution is -0.143. The van der Waals surface area contributed by atoms with Crippen LogP contribution in [0, 0.1) is 0 Å². The van der Waals surface area contributed by atoms with Gasteiger partial charge in [-0.25, -0.2) is 0 Å². The SMILES string of the molecule is CCCCCC/C=C\C/C=C\CCCCCCCCCC(=O)OCCCCCCCCCCCCCC/C=C\CCCCCCCCCCCC(=O)NC(CO)C(O)/C=C/CCCCCCCCCCCCCCCCCCCCCC. The molecule has 3 N–H and O–H groups in total. The quantitative estimate of drug-likeness (QED) is 0.0320. The molecule has 0 aliphatic heterocycles. The van der Waals surface area contributed by atoms with Gasteiger partial charge in [0.05, 0.1) is 25.4 Å². The molecule has 0 aromatic heterocycles. The number of esters is 1. The molecule has 0 rings (SSSR count). The van der Waals surface area contributed by atoms with E-state index in [0.29, 0.717) is 19.4 Å². The third-order valence-electron chi connectivity index (χ3n) is 17.1. The molecule has 2 atom stereocenters. The number of unbranched alkanes of at least 4 members (excludes halogenated alkanes) is 52. The van der Waals surface area contributed by atoms with Crippen LogP contribution >= 0.6 is 0 Å². The molecule has 0 aromatic carbocycles. The van der Waals surface area contributed by atoms with E-state index in [2.05, 4.69) is 55.6 Å². The maximum Gasteiger partial charge on any atom is 0.305 e. The van der Waals surface area contributed by atoms with Crippen LogP contribution in [-0.4, -0.2) is 47.4 Å². The first-order chi connectivity index (χ1) is 40.5. The molecule has 6 nitrogen and oxygen atoms in total. The molecular weight excluding hydrogens is 1010 g/mol. The van der Waals surface area contributed by atoms with Crippen LogP contribution < -0.4 is 5.32 Å². The van der Waals surface area contributed by atoms with E-state index in [9.17, 15) is 19.8 Å². The van der Waals surface area contributed by atoms with Crippen LogP contribution in [0.4, 0.5) is 0 Å². The van der Waals surface area contributed by atoms with Gasteiger partial charge in [-0.05, 0) is 89.9 Å². The summed E-state index contributed by atoms with van der Waals surface area (Å²) in [5.74, 6) is -0.0616. The summed E-state index contributed by atoms with van der Waals surface area (Å²) in [5.41, 5.74) is 0. The predicted octanol–water partition coefficient (Wildman–Crippen LogP) is 24.0. The maximum atomic E-state index is 12.5. The van der Waals surface area contributed by atoms with E-state index in [0.717, 1.165) is 51.4 Å². The van der Waals surface area contributed by atoms with Crippen LogP contribution in [0.5, 0.6) is 0 Å². The zero-order valence-electron chi connectivity index (χ0n) is 55.2. The minimum Gasteiger partial charge on any atom is -0.466 e. The van der Waals surface area contributed by atoms with E-state index in [1.807, 2.05) is 6.08 Å². The van der Waals surface area contributed by atoms with Gasteiger partial charge in [0.15, 0.2) is 0 Å². The van der Waals surface area contributed by atoms with Crippen molar-refractivity contribution in [3.63, 3.8) is 0 Å². The zero-order valence-corrected chi connectivity index (χ0v) is 55.2. The summed E-state index contributed by atoms with van der Waals surface area (Å²) >= 11 is 0. The Morgan fingerprint density at radius 1 is 0.341 bits per heavy atom. The Labute approximate surface area is 512 Å². The number of allylic oxidation sites excluding steroid dienone is 7. The number of nitrogens with one attached hydrogen (secondary N) is 1. The average molecular weight is 1150 g/mol. The van der Waals surface area contributed by atoms with E-state index in [1.165, 1.54) is 321 Å². The molecule has 6 heteroatoms. The van der Waals surface area contributed by atoms with Crippen LogP contribution in [0.1, 0.15) is 399 Å². The molecule has 0 spiro atoms. The summed E-state index contributed by atoms with van der Waals surface area (Å²) in [7, 11) is 0. The smallest absolute Gasteiger partial charge is 0.305 e. The minimum absolute atomic E-state index is 0.00608. The highest BCUT2D eigenvalue weighted by molar-refractivity contribution is 5.76. The van der Waals surface area contributed by atoms with Gasteiger partial charge in [-0.2, -0.15) is 0 Å². The molecule has 0 radical (unpaired) electrons. The highest BCUT2D eigenvalue weighted by Crippen LogP contribution is 2.18. The maximum absolute atomic E-state index is 12.5. The van der Waals surface area contributed by atoms with Crippen molar-refractivity contribution in [1.29, 1.82) is 0 Å². The number of carbonyl (C=O) groups excluding carboxylic acids is 2. The third-order valence-corrected chi connectivity index (χ3v) is 17.1. The summed E-state index contributed by atoms with van der Waals surface area (Å²) in [6.07, 6.45) is 93.4. The van der Waals surface area contributed by atoms with Crippen LogP contribution in [-0.2, 0) is 14.3 Å². The van der Waals surface area contributed by atoms with Gasteiger partial charge in [0.2, 0.25) is 5.91 Å². The van der Waals surface area contributed by atoms with Gasteiger partial charge < -0.3 is 20.3 Å². The largest absolute Gasteiger partial charge is 0.466 e. The number of aliphatic hydroxyl groups excluding tert-OH is 2. The van der Waals surface area contributed by atoms with Crippen molar-refractivity contribution < 1.29 is 24.5 Å². The lowest BCUT2D eigenvalue weighted by Gasteiger charge is -2.20. The van der Waals surface area contributed by atoms with Crippen molar-refractivity contribution in [2.45, 2.75) is 411 Å². The van der Waals surface area contributed by atoms with Gasteiger partial charge in [0, 0.05) is 12.8 Å². The Balaban J connectivity index is 3.42. The average Bonchev–Trinajstić information content (AvgIpc) is 3.48. The highest BCUT2D eigenvalue weighted by atomic mass is 16.5. The molecule has 0 saturated carbocycles. The lowest BCUT2D eigenvalue weighted by atomic mass is 10.0. The van der Waals surface area contributed by atoms with Crippen LogP contribution in [0.2, 0.25) is 0 Å². The molecular formula is C76H143NO5. The fraction of sp³-hybridized carbons (Fsp3) is 0.868. The molecule has 0 aliphatic carbocycles. The van der Waals surface area contributed by atoms with Crippen molar-refractivity contribution in [2.24, 2.45) is 0 Å². The Hall–Kier alpha value is -2.18. The van der Waals surface area contributed by atoms with E-state index < -0.39 is 12.1 Å². The summed E-state index contributed by atoms with van der Waals surface area (Å²) < 4.78 is 5.50. The summed E-state index contributed by atoms with van der Waals surface area (Å²) in [6.45, 7) is 4.92. The predicted molar refractivity (Wildman–Crippen MR) is 361 cm³/mol. The minimum atomic E-state index is -0.849. The molecule has 0 heterocycles. The fourth-order valence-corrected chi connectivity index (χ4v) is 11.4. The second-order valence-electron chi connectivity index (χ2n) is 25.3. The summed E-state index contributed by atoms with van der Waals surface area (Å²) in [6, 6.07) is -0.632. The van der Waals surface area contributed by atoms with Gasteiger partial charge in [-0.15, -0.1) is 0 Å². The monoisotopic (exact) mass is 1150 g/mol. The van der Waals surface area contributed by atoms with Crippen LogP contribution in [0.3, 0.4) is 0 Å². The van der Waals surface area contributed by atoms with Crippen molar-refractivity contribution in [1.82, 2.24) is 5.32 Å². The molecule has 0 aliphatic rings. The van der Waals surface area contributed by atoms with E-state index in [-0.39, 0.29) is 18.5 Å². The highest BCUT2D eigenvalue weighted by Gasteiger charge is 2.18. The van der Waals surface area contributed by atoms with E-state index in [1.54, 1.807) is 6.08 Å². The zero-order chi connectivity index (χ0) is 59.2. The van der Waals surface area contributed by atoms with E-state index in [4.69, 9.17) is 4.74 Å². The second kappa shape index (κ2) is 71.3. The lowest BCUT2D eigenvalue weighted by Crippen LogP contribution is -2.45. The number of amides is 1. The van der Waals surface area contributed by atoms with Gasteiger partial charge >= 0.3 is 5.97 Å². The summed E-state index contributed by atoms with van der Waals surface area (Å²) in [4.78, 5) is 24.6. The molecule has 1 amide bonds. The van der Waals surface area contributed by atoms with E-state index >= 15 is 0 Å². The Morgan fingerprint density at radius 2 is 0.610 bits per heavy atom. The number of hydrogen-bond acceptors (Lipinski definition) is 5. The van der Waals surface area contributed by atoms with Gasteiger partial charge in [-0.3, -0.25) is 9.59 Å². The molecule has 2 unspecified atom stereocenters. The number of carbonyl (C=O) groups is 2. The standard InChI is InChI=1S/C76H143NO5/c1-3-5-7-9-11-13-15-17-19-21-23-24-30-33-36-40-44-48-52-56-60-64-68-74(79)73(72-78)77-75(80)69-65-61-57-53-49-45-41-37-34-31-28-26-25-27-29-32-35-39-43-47-51-55-59-63-67-71-82-76(81)70-66-62-58-54-50-46-42-38-22-20-18-16-14-12-10-8-6-4-2/h14,16,20,22,26,28,64,68,73-74,78-79H,3-13,15,17-19,21,23-25,27,29-63,65-67,69-72H2,1-2H3,(H,77,80)/b16-14-,22-20-,28-26-,68-64+. The second-order valence-corrected chi connectivity index (χ2v) is 25.3. The van der Waals surface area contributed by atoms with Crippen LogP contribution in [0.15, 0.2) is 48.6 Å². The topological polar surface area (TPSA) is 95.9 Å².